The zero-order valence-corrected chi connectivity index (χ0v) is 13.6. The van der Waals surface area contributed by atoms with Crippen LogP contribution in [0.4, 0.5) is 4.79 Å². The van der Waals surface area contributed by atoms with Gasteiger partial charge in [0.15, 0.2) is 0 Å². The van der Waals surface area contributed by atoms with Crippen molar-refractivity contribution in [3.63, 3.8) is 0 Å². The molecule has 0 unspecified atom stereocenters. The van der Waals surface area contributed by atoms with Crippen LogP contribution >= 0.6 is 22.6 Å². The minimum absolute atomic E-state index is 0.0616. The summed E-state index contributed by atoms with van der Waals surface area (Å²) in [6.07, 6.45) is 0.157. The quantitative estimate of drug-likeness (QED) is 0.554. The van der Waals surface area contributed by atoms with E-state index in [0.29, 0.717) is 6.61 Å². The minimum Gasteiger partial charge on any atom is -0.447 e. The van der Waals surface area contributed by atoms with Crippen LogP contribution in [0.25, 0.3) is 0 Å². The molecule has 2 amide bonds. The van der Waals surface area contributed by atoms with Crippen molar-refractivity contribution in [3.05, 3.63) is 0 Å². The van der Waals surface area contributed by atoms with E-state index in [1.165, 1.54) is 4.90 Å². The molecule has 0 aromatic rings. The average Bonchev–Trinajstić information content (AvgIpc) is 2.71. The van der Waals surface area contributed by atoms with Gasteiger partial charge in [-0.25, -0.2) is 9.69 Å². The molecule has 108 valence electrons. The number of imide groups is 1. The lowest BCUT2D eigenvalue weighted by molar-refractivity contribution is -0.190. The van der Waals surface area contributed by atoms with Gasteiger partial charge in [0.2, 0.25) is 5.91 Å². The van der Waals surface area contributed by atoms with Crippen molar-refractivity contribution < 1.29 is 19.1 Å². The number of hydrogen-bond donors (Lipinski definition) is 0. The smallest absolute Gasteiger partial charge is 0.416 e. The topological polar surface area (TPSA) is 55.8 Å². The van der Waals surface area contributed by atoms with Crippen LogP contribution in [-0.2, 0) is 14.3 Å². The second-order valence-corrected chi connectivity index (χ2v) is 6.28. The Labute approximate surface area is 127 Å². The molecule has 0 aliphatic carbocycles. The number of nitrogens with zero attached hydrogens (tertiary/aromatic N) is 1. The molecule has 0 aromatic heterocycles. The first-order valence-corrected chi connectivity index (χ1v) is 8.25. The predicted octanol–water partition coefficient (Wildman–Crippen LogP) is 2.22. The van der Waals surface area contributed by atoms with E-state index in [2.05, 4.69) is 22.6 Å². The van der Waals surface area contributed by atoms with E-state index in [1.54, 1.807) is 0 Å². The van der Waals surface area contributed by atoms with E-state index < -0.39 is 6.09 Å². The highest BCUT2D eigenvalue weighted by molar-refractivity contribution is 14.1. The van der Waals surface area contributed by atoms with E-state index in [9.17, 15) is 9.59 Å². The highest BCUT2D eigenvalue weighted by Gasteiger charge is 2.51. The monoisotopic (exact) mass is 381 g/mol. The van der Waals surface area contributed by atoms with Crippen molar-refractivity contribution >= 4 is 34.6 Å². The van der Waals surface area contributed by atoms with Crippen LogP contribution < -0.4 is 0 Å². The molecule has 0 aromatic carbocycles. The Morgan fingerprint density at radius 1 is 1.47 bits per heavy atom. The normalized spacial score (nSPS) is 34.4. The first-order valence-electron chi connectivity index (χ1n) is 6.72. The van der Waals surface area contributed by atoms with Crippen molar-refractivity contribution in [1.82, 2.24) is 4.90 Å². The number of rotatable bonds is 4. The summed E-state index contributed by atoms with van der Waals surface area (Å²) < 4.78 is 11.5. The van der Waals surface area contributed by atoms with Crippen LogP contribution in [-0.4, -0.2) is 46.2 Å². The van der Waals surface area contributed by atoms with E-state index >= 15 is 0 Å². The van der Waals surface area contributed by atoms with Gasteiger partial charge >= 0.3 is 6.09 Å². The number of amides is 2. The van der Waals surface area contributed by atoms with Crippen LogP contribution in [0.15, 0.2) is 0 Å². The van der Waals surface area contributed by atoms with Gasteiger partial charge < -0.3 is 9.47 Å². The van der Waals surface area contributed by atoms with Crippen LogP contribution in [0.1, 0.15) is 27.2 Å². The third kappa shape index (κ3) is 2.61. The van der Waals surface area contributed by atoms with Gasteiger partial charge in [-0.2, -0.15) is 0 Å². The lowest BCUT2D eigenvalue weighted by atomic mass is 9.86. The summed E-state index contributed by atoms with van der Waals surface area (Å²) >= 11 is 2.21. The molecule has 2 heterocycles. The number of ether oxygens (including phenoxy) is 2. The van der Waals surface area contributed by atoms with Crippen molar-refractivity contribution in [2.75, 3.05) is 11.0 Å². The summed E-state index contributed by atoms with van der Waals surface area (Å²) in [5.41, 5.74) is 0. The fraction of sp³-hybridized carbons (Fsp3) is 0.846. The van der Waals surface area contributed by atoms with Gasteiger partial charge in [0.05, 0.1) is 24.2 Å². The average molecular weight is 381 g/mol. The van der Waals surface area contributed by atoms with E-state index in [1.807, 2.05) is 20.8 Å². The first-order chi connectivity index (χ1) is 9.01. The molecule has 2 aliphatic heterocycles. The molecule has 2 fully saturated rings. The van der Waals surface area contributed by atoms with Crippen molar-refractivity contribution in [2.45, 2.75) is 45.4 Å². The third-order valence-electron chi connectivity index (χ3n) is 3.90. The molecule has 2 aliphatic rings. The summed E-state index contributed by atoms with van der Waals surface area (Å²) in [6, 6.07) is -0.145. The number of carbonyl (C=O) groups is 2. The Kier molecular flexibility index (Phi) is 4.70. The van der Waals surface area contributed by atoms with Crippen LogP contribution in [0.3, 0.4) is 0 Å². The van der Waals surface area contributed by atoms with Crippen LogP contribution in [0.5, 0.6) is 0 Å². The largest absolute Gasteiger partial charge is 0.447 e. The number of cyclic esters (lactones) is 1. The fourth-order valence-corrected chi connectivity index (χ4v) is 3.44. The van der Waals surface area contributed by atoms with Gasteiger partial charge in [0, 0.05) is 4.43 Å². The molecule has 0 saturated carbocycles. The molecule has 2 saturated heterocycles. The summed E-state index contributed by atoms with van der Waals surface area (Å²) in [6.45, 7) is 6.30. The second kappa shape index (κ2) is 5.95. The zero-order chi connectivity index (χ0) is 14.2. The van der Waals surface area contributed by atoms with Crippen LogP contribution in [0, 0.1) is 11.8 Å². The molecule has 6 heteroatoms. The lowest BCUT2D eigenvalue weighted by Gasteiger charge is -2.44. The van der Waals surface area contributed by atoms with Gasteiger partial charge in [-0.15, -0.1) is 0 Å². The van der Waals surface area contributed by atoms with Crippen molar-refractivity contribution in [1.29, 1.82) is 0 Å². The van der Waals surface area contributed by atoms with E-state index in [0.717, 1.165) is 10.8 Å². The zero-order valence-electron chi connectivity index (χ0n) is 11.5. The summed E-state index contributed by atoms with van der Waals surface area (Å²) in [5, 5.41) is 0. The Morgan fingerprint density at radius 2 is 2.16 bits per heavy atom. The van der Waals surface area contributed by atoms with Crippen LogP contribution in [0.2, 0.25) is 0 Å². The molecule has 0 N–H and O–H groups in total. The maximum Gasteiger partial charge on any atom is 0.416 e. The molecule has 2 rings (SSSR count). The molecule has 0 spiro atoms. The number of hydrogen-bond acceptors (Lipinski definition) is 4. The summed E-state index contributed by atoms with van der Waals surface area (Å²) in [4.78, 5) is 25.8. The van der Waals surface area contributed by atoms with Gasteiger partial charge in [-0.1, -0.05) is 43.4 Å². The lowest BCUT2D eigenvalue weighted by Crippen LogP contribution is -2.59. The summed E-state index contributed by atoms with van der Waals surface area (Å²) in [7, 11) is 0. The SMILES string of the molecule is CC[C@H]1O[C@H](CI)[C@@H]1C(=O)N1C(=O)OC[C@@H]1C(C)C. The number of carbonyl (C=O) groups excluding carboxylic acids is 2. The van der Waals surface area contributed by atoms with Gasteiger partial charge in [0.25, 0.3) is 0 Å². The predicted molar refractivity (Wildman–Crippen MR) is 78.1 cm³/mol. The third-order valence-corrected chi connectivity index (χ3v) is 4.77. The molecule has 0 bridgehead atoms. The standard InChI is InChI=1S/C13H20INO4/c1-4-9-11(10(5-14)19-9)12(16)15-8(7(2)3)6-18-13(15)17/h7-11H,4-6H2,1-3H3/t8-,9-,10-,11-/m1/s1. The van der Waals surface area contributed by atoms with E-state index in [-0.39, 0.29) is 36.0 Å². The number of halogens is 1. The Hall–Kier alpha value is -0.370. The highest BCUT2D eigenvalue weighted by Crippen LogP contribution is 2.35. The molecular weight excluding hydrogens is 361 g/mol. The molecule has 4 atom stereocenters. The van der Waals surface area contributed by atoms with Crippen molar-refractivity contribution in [3.8, 4) is 0 Å². The fourth-order valence-electron chi connectivity index (χ4n) is 2.68. The second-order valence-electron chi connectivity index (χ2n) is 5.40. The molecule has 5 nitrogen and oxygen atoms in total. The summed E-state index contributed by atoms with van der Waals surface area (Å²) in [5.74, 6) is -0.121. The molecule has 0 radical (unpaired) electrons. The van der Waals surface area contributed by atoms with Gasteiger partial charge in [-0.3, -0.25) is 4.79 Å². The van der Waals surface area contributed by atoms with Gasteiger partial charge in [0.1, 0.15) is 6.61 Å². The Bertz CT molecular complexity index is 364. The maximum atomic E-state index is 12.6. The first kappa shape index (κ1) is 15.0. The highest BCUT2D eigenvalue weighted by atomic mass is 127. The Balaban J connectivity index is 2.15. The minimum atomic E-state index is -0.502. The van der Waals surface area contributed by atoms with E-state index in [4.69, 9.17) is 9.47 Å². The molecule has 19 heavy (non-hydrogen) atoms. The van der Waals surface area contributed by atoms with Crippen molar-refractivity contribution in [2.24, 2.45) is 11.8 Å². The molecular formula is C13H20INO4. The Morgan fingerprint density at radius 3 is 2.68 bits per heavy atom. The number of alkyl halides is 1. The van der Waals surface area contributed by atoms with Gasteiger partial charge in [-0.05, 0) is 12.3 Å². The maximum absolute atomic E-state index is 12.6.